The number of nitrogens with two attached hydrogens (primary N) is 1. The Morgan fingerprint density at radius 3 is 2.71 bits per heavy atom. The van der Waals surface area contributed by atoms with Gasteiger partial charge in [-0.2, -0.15) is 0 Å². The first-order valence-corrected chi connectivity index (χ1v) is 7.18. The zero-order valence-corrected chi connectivity index (χ0v) is 12.3. The average molecular weight is 290 g/mol. The molecule has 6 nitrogen and oxygen atoms in total. The van der Waals surface area contributed by atoms with E-state index in [4.69, 9.17) is 5.73 Å². The van der Waals surface area contributed by atoms with Crippen LogP contribution >= 0.6 is 0 Å². The molecule has 6 heteroatoms. The largest absolute Gasteiger partial charge is 0.399 e. The third-order valence-corrected chi connectivity index (χ3v) is 3.53. The summed E-state index contributed by atoms with van der Waals surface area (Å²) in [7, 11) is 0. The van der Waals surface area contributed by atoms with Gasteiger partial charge in [0.15, 0.2) is 0 Å². The molecular formula is C15H22N4O2. The maximum absolute atomic E-state index is 11.9. The maximum atomic E-state index is 11.9. The van der Waals surface area contributed by atoms with Gasteiger partial charge in [0, 0.05) is 50.4 Å². The second-order valence-corrected chi connectivity index (χ2v) is 5.41. The van der Waals surface area contributed by atoms with Crippen LogP contribution in [0.25, 0.3) is 0 Å². The number of rotatable bonds is 5. The zero-order chi connectivity index (χ0) is 15.2. The Hall–Kier alpha value is -2.08. The standard InChI is InChI=1S/C15H22N4O2/c1-11(20)17-14-6-8-19(10-14)9-7-15(21)18-13-4-2-12(16)3-5-13/h2-5,14H,6-10,16H2,1H3,(H,17,20)(H,18,21). The lowest BCUT2D eigenvalue weighted by Gasteiger charge is -2.16. The highest BCUT2D eigenvalue weighted by Crippen LogP contribution is 2.12. The van der Waals surface area contributed by atoms with Crippen LogP contribution in [-0.4, -0.2) is 42.4 Å². The summed E-state index contributed by atoms with van der Waals surface area (Å²) in [6.45, 7) is 3.97. The number of nitrogen functional groups attached to an aromatic ring is 1. The Morgan fingerprint density at radius 1 is 1.33 bits per heavy atom. The van der Waals surface area contributed by atoms with E-state index in [0.717, 1.165) is 25.2 Å². The van der Waals surface area contributed by atoms with E-state index in [-0.39, 0.29) is 17.9 Å². The van der Waals surface area contributed by atoms with Gasteiger partial charge in [-0.3, -0.25) is 9.59 Å². The van der Waals surface area contributed by atoms with E-state index < -0.39 is 0 Å². The van der Waals surface area contributed by atoms with Gasteiger partial charge in [-0.1, -0.05) is 0 Å². The van der Waals surface area contributed by atoms with Gasteiger partial charge in [-0.05, 0) is 30.7 Å². The number of hydrogen-bond donors (Lipinski definition) is 3. The molecule has 1 aromatic rings. The van der Waals surface area contributed by atoms with E-state index in [0.29, 0.717) is 18.7 Å². The minimum absolute atomic E-state index is 0.00273. The van der Waals surface area contributed by atoms with Gasteiger partial charge in [0.2, 0.25) is 11.8 Å². The van der Waals surface area contributed by atoms with Crippen LogP contribution in [0.4, 0.5) is 11.4 Å². The van der Waals surface area contributed by atoms with Crippen LogP contribution in [0.1, 0.15) is 19.8 Å². The number of carbonyl (C=O) groups excluding carboxylic acids is 2. The molecule has 0 aliphatic carbocycles. The topological polar surface area (TPSA) is 87.5 Å². The van der Waals surface area contributed by atoms with Crippen molar-refractivity contribution >= 4 is 23.2 Å². The van der Waals surface area contributed by atoms with Crippen molar-refractivity contribution < 1.29 is 9.59 Å². The van der Waals surface area contributed by atoms with Gasteiger partial charge < -0.3 is 21.3 Å². The maximum Gasteiger partial charge on any atom is 0.225 e. The SMILES string of the molecule is CC(=O)NC1CCN(CCC(=O)Nc2ccc(N)cc2)C1. The minimum atomic E-state index is -0.0113. The summed E-state index contributed by atoms with van der Waals surface area (Å²) in [5.74, 6) is -0.00862. The molecule has 21 heavy (non-hydrogen) atoms. The number of hydrogen-bond acceptors (Lipinski definition) is 4. The van der Waals surface area contributed by atoms with E-state index in [2.05, 4.69) is 15.5 Å². The molecule has 0 aromatic heterocycles. The third-order valence-electron chi connectivity index (χ3n) is 3.53. The predicted molar refractivity (Wildman–Crippen MR) is 82.8 cm³/mol. The van der Waals surface area contributed by atoms with Crippen molar-refractivity contribution in [2.75, 3.05) is 30.7 Å². The molecule has 1 saturated heterocycles. The lowest BCUT2D eigenvalue weighted by atomic mass is 10.2. The molecule has 114 valence electrons. The highest BCUT2D eigenvalue weighted by molar-refractivity contribution is 5.90. The van der Waals surface area contributed by atoms with Crippen LogP contribution in [0, 0.1) is 0 Å². The molecule has 0 radical (unpaired) electrons. The van der Waals surface area contributed by atoms with Gasteiger partial charge in [0.05, 0.1) is 0 Å². The summed E-state index contributed by atoms with van der Waals surface area (Å²) >= 11 is 0. The summed E-state index contributed by atoms with van der Waals surface area (Å²) < 4.78 is 0. The monoisotopic (exact) mass is 290 g/mol. The number of carbonyl (C=O) groups is 2. The number of amides is 2. The number of likely N-dealkylation sites (tertiary alicyclic amines) is 1. The van der Waals surface area contributed by atoms with E-state index in [1.165, 1.54) is 6.92 Å². The number of nitrogens with one attached hydrogen (secondary N) is 2. The van der Waals surface area contributed by atoms with Crippen molar-refractivity contribution in [2.24, 2.45) is 0 Å². The smallest absolute Gasteiger partial charge is 0.225 e. The summed E-state index contributed by atoms with van der Waals surface area (Å²) in [6, 6.07) is 7.30. The highest BCUT2D eigenvalue weighted by atomic mass is 16.2. The van der Waals surface area contributed by atoms with E-state index in [1.807, 2.05) is 0 Å². The Bertz CT molecular complexity index is 501. The van der Waals surface area contributed by atoms with Crippen LogP contribution in [0.2, 0.25) is 0 Å². The molecule has 1 aliphatic heterocycles. The van der Waals surface area contributed by atoms with Crippen LogP contribution in [0.5, 0.6) is 0 Å². The van der Waals surface area contributed by atoms with Gasteiger partial charge in [-0.15, -0.1) is 0 Å². The fourth-order valence-corrected chi connectivity index (χ4v) is 2.49. The van der Waals surface area contributed by atoms with Crippen molar-refractivity contribution in [1.29, 1.82) is 0 Å². The Labute approximate surface area is 124 Å². The number of anilines is 2. The van der Waals surface area contributed by atoms with Crippen LogP contribution in [-0.2, 0) is 9.59 Å². The van der Waals surface area contributed by atoms with Crippen LogP contribution in [0.3, 0.4) is 0 Å². The molecule has 2 rings (SSSR count). The normalized spacial score (nSPS) is 18.4. The van der Waals surface area contributed by atoms with Crippen molar-refractivity contribution in [2.45, 2.75) is 25.8 Å². The Kier molecular flexibility index (Phi) is 5.16. The zero-order valence-electron chi connectivity index (χ0n) is 12.3. The Morgan fingerprint density at radius 2 is 2.05 bits per heavy atom. The molecule has 0 spiro atoms. The first-order valence-electron chi connectivity index (χ1n) is 7.18. The highest BCUT2D eigenvalue weighted by Gasteiger charge is 2.22. The van der Waals surface area contributed by atoms with Crippen LogP contribution < -0.4 is 16.4 Å². The summed E-state index contributed by atoms with van der Waals surface area (Å²) in [5, 5.41) is 5.76. The molecule has 1 aromatic carbocycles. The molecule has 1 atom stereocenters. The van der Waals surface area contributed by atoms with Gasteiger partial charge >= 0.3 is 0 Å². The second kappa shape index (κ2) is 7.08. The van der Waals surface area contributed by atoms with E-state index in [1.54, 1.807) is 24.3 Å². The van der Waals surface area contributed by atoms with Crippen LogP contribution in [0.15, 0.2) is 24.3 Å². The van der Waals surface area contributed by atoms with E-state index in [9.17, 15) is 9.59 Å². The molecule has 4 N–H and O–H groups in total. The first kappa shape index (κ1) is 15.3. The molecule has 1 unspecified atom stereocenters. The number of benzene rings is 1. The lowest BCUT2D eigenvalue weighted by molar-refractivity contribution is -0.119. The van der Waals surface area contributed by atoms with Crippen molar-refractivity contribution in [1.82, 2.24) is 10.2 Å². The molecule has 1 aliphatic rings. The van der Waals surface area contributed by atoms with Crippen molar-refractivity contribution in [3.05, 3.63) is 24.3 Å². The summed E-state index contributed by atoms with van der Waals surface area (Å²) in [4.78, 5) is 25.1. The fraction of sp³-hybridized carbons (Fsp3) is 0.467. The Balaban J connectivity index is 1.70. The van der Waals surface area contributed by atoms with Gasteiger partial charge in [-0.25, -0.2) is 0 Å². The molecule has 0 bridgehead atoms. The van der Waals surface area contributed by atoms with Gasteiger partial charge in [0.25, 0.3) is 0 Å². The van der Waals surface area contributed by atoms with E-state index >= 15 is 0 Å². The fourth-order valence-electron chi connectivity index (χ4n) is 2.49. The third kappa shape index (κ3) is 5.07. The molecule has 0 saturated carbocycles. The second-order valence-electron chi connectivity index (χ2n) is 5.41. The van der Waals surface area contributed by atoms with Gasteiger partial charge in [0.1, 0.15) is 0 Å². The van der Waals surface area contributed by atoms with Crippen molar-refractivity contribution in [3.63, 3.8) is 0 Å². The quantitative estimate of drug-likeness (QED) is 0.700. The molecule has 1 fully saturated rings. The van der Waals surface area contributed by atoms with Crippen molar-refractivity contribution in [3.8, 4) is 0 Å². The molecule has 1 heterocycles. The first-order chi connectivity index (χ1) is 10.0. The molecule has 2 amide bonds. The number of nitrogens with zero attached hydrogens (tertiary/aromatic N) is 1. The minimum Gasteiger partial charge on any atom is -0.399 e. The predicted octanol–water partition coefficient (Wildman–Crippen LogP) is 0.808. The molecular weight excluding hydrogens is 268 g/mol. The average Bonchev–Trinajstić information content (AvgIpc) is 2.86. The lowest BCUT2D eigenvalue weighted by Crippen LogP contribution is -2.36. The summed E-state index contributed by atoms with van der Waals surface area (Å²) in [5.41, 5.74) is 7.03. The summed E-state index contributed by atoms with van der Waals surface area (Å²) in [6.07, 6.45) is 1.39.